The van der Waals surface area contributed by atoms with E-state index in [1.54, 1.807) is 7.11 Å². The Hall–Kier alpha value is -0.0200. The molecule has 0 heterocycles. The van der Waals surface area contributed by atoms with Gasteiger partial charge in [0, 0.05) is 18.9 Å². The summed E-state index contributed by atoms with van der Waals surface area (Å²) >= 11 is 0. The first-order valence-electron chi connectivity index (χ1n) is 6.85. The van der Waals surface area contributed by atoms with Gasteiger partial charge >= 0.3 is 8.03 Å². The van der Waals surface area contributed by atoms with E-state index in [0.717, 1.165) is 6.42 Å². The molecule has 0 aromatic heterocycles. The van der Waals surface area contributed by atoms with E-state index in [4.69, 9.17) is 9.47 Å². The molecule has 2 unspecified atom stereocenters. The minimum absolute atomic E-state index is 0.00286. The van der Waals surface area contributed by atoms with Gasteiger partial charge in [0.2, 0.25) is 0 Å². The van der Waals surface area contributed by atoms with Gasteiger partial charge in [-0.05, 0) is 16.4 Å². The Labute approximate surface area is 118 Å². The minimum Gasteiger partial charge on any atom is -0.384 e. The highest BCUT2D eigenvalue weighted by molar-refractivity contribution is 7.38. The smallest absolute Gasteiger partial charge is 0.384 e. The molecule has 0 amide bonds. The summed E-state index contributed by atoms with van der Waals surface area (Å²) < 4.78 is 22.2. The van der Waals surface area contributed by atoms with Gasteiger partial charge in [0.25, 0.3) is 0 Å². The van der Waals surface area contributed by atoms with Gasteiger partial charge in [0.15, 0.2) is 5.66 Å². The minimum atomic E-state index is -2.10. The number of methoxy groups -OCH3 is 1. The lowest BCUT2D eigenvalue weighted by Crippen LogP contribution is -2.30. The molecule has 5 heteroatoms. The fraction of sp³-hybridized carbons (Fsp3) is 1.00. The Kier molecular flexibility index (Phi) is 8.30. The van der Waals surface area contributed by atoms with Crippen LogP contribution in [0, 0.1) is 10.8 Å². The summed E-state index contributed by atoms with van der Waals surface area (Å²) in [7, 11) is -0.407. The summed E-state index contributed by atoms with van der Waals surface area (Å²) in [6.45, 7) is 12.2. The Bertz CT molecular complexity index is 277. The zero-order chi connectivity index (χ0) is 15.1. The quantitative estimate of drug-likeness (QED) is 0.625. The fourth-order valence-corrected chi connectivity index (χ4v) is 3.07. The highest BCUT2D eigenvalue weighted by Crippen LogP contribution is 2.36. The van der Waals surface area contributed by atoms with Crippen LogP contribution in [0.5, 0.6) is 0 Å². The van der Waals surface area contributed by atoms with Gasteiger partial charge in [-0.15, -0.1) is 0 Å². The largest absolute Gasteiger partial charge is 0.508 e. The molecule has 0 spiro atoms. The Balaban J connectivity index is 4.19. The van der Waals surface area contributed by atoms with E-state index in [-0.39, 0.29) is 16.5 Å². The highest BCUT2D eigenvalue weighted by atomic mass is 31.1. The second-order valence-electron chi connectivity index (χ2n) is 6.82. The van der Waals surface area contributed by atoms with Crippen molar-refractivity contribution in [1.29, 1.82) is 0 Å². The summed E-state index contributed by atoms with van der Waals surface area (Å²) in [4.78, 5) is 9.25. The van der Waals surface area contributed by atoms with Gasteiger partial charge in [-0.25, -0.2) is 0 Å². The van der Waals surface area contributed by atoms with E-state index in [9.17, 15) is 9.46 Å². The third kappa shape index (κ3) is 8.69. The first-order valence-corrected chi connectivity index (χ1v) is 8.13. The highest BCUT2D eigenvalue weighted by Gasteiger charge is 2.34. The molecule has 114 valence electrons. The van der Waals surface area contributed by atoms with Gasteiger partial charge in [-0.1, -0.05) is 34.6 Å². The molecule has 0 aromatic carbocycles. The van der Waals surface area contributed by atoms with E-state index in [2.05, 4.69) is 27.7 Å². The van der Waals surface area contributed by atoms with Crippen molar-refractivity contribution >= 4 is 8.03 Å². The third-order valence-corrected chi connectivity index (χ3v) is 4.26. The van der Waals surface area contributed by atoms with Crippen molar-refractivity contribution in [3.05, 3.63) is 0 Å². The maximum atomic E-state index is 11.2. The van der Waals surface area contributed by atoms with E-state index >= 15 is 0 Å². The fourth-order valence-electron chi connectivity index (χ4n) is 2.11. The lowest BCUT2D eigenvalue weighted by Gasteiger charge is -2.28. The lowest BCUT2D eigenvalue weighted by atomic mass is 9.88. The molecular weight excluding hydrogens is 263 g/mol. The molecule has 2 atom stereocenters. The van der Waals surface area contributed by atoms with Gasteiger partial charge in [0.1, 0.15) is 0 Å². The van der Waals surface area contributed by atoms with Crippen LogP contribution < -0.4 is 0 Å². The van der Waals surface area contributed by atoms with E-state index < -0.39 is 8.03 Å². The Morgan fingerprint density at radius 1 is 1.11 bits per heavy atom. The normalized spacial score (nSPS) is 15.4. The summed E-state index contributed by atoms with van der Waals surface area (Å²) in [5, 5.41) is 0. The molecule has 19 heavy (non-hydrogen) atoms. The molecule has 0 aromatic rings. The topological polar surface area (TPSA) is 55.8 Å². The molecule has 0 aliphatic carbocycles. The van der Waals surface area contributed by atoms with Crippen LogP contribution in [-0.4, -0.2) is 37.5 Å². The number of rotatable bonds is 10. The van der Waals surface area contributed by atoms with Gasteiger partial charge in [-0.3, -0.25) is 0 Å². The first-order chi connectivity index (χ1) is 8.63. The van der Waals surface area contributed by atoms with Crippen molar-refractivity contribution in [3.63, 3.8) is 0 Å². The number of hydrogen-bond donors (Lipinski definition) is 1. The predicted octanol–water partition coefficient (Wildman–Crippen LogP) is 3.61. The summed E-state index contributed by atoms with van der Waals surface area (Å²) in [5.41, 5.74) is -0.227. The Morgan fingerprint density at radius 2 is 1.63 bits per heavy atom. The summed E-state index contributed by atoms with van der Waals surface area (Å²) in [6.07, 6.45) is 1.43. The van der Waals surface area contributed by atoms with Crippen LogP contribution in [0.4, 0.5) is 0 Å². The molecule has 0 aliphatic rings. The van der Waals surface area contributed by atoms with Crippen molar-refractivity contribution in [2.45, 2.75) is 53.1 Å². The van der Waals surface area contributed by atoms with Crippen LogP contribution >= 0.6 is 8.03 Å². The molecular formula is C14H30O4P+. The standard InChI is InChI=1S/C14H29O4P/c1-7-12(19(15)16)8-13(2,3)10-18-11-14(4,5)9-17-6/h12H,7-11H2,1-6H3/p+1. The van der Waals surface area contributed by atoms with Crippen LogP contribution in [0.3, 0.4) is 0 Å². The lowest BCUT2D eigenvalue weighted by molar-refractivity contribution is -0.0168. The first kappa shape index (κ1) is 19.0. The predicted molar refractivity (Wildman–Crippen MR) is 78.8 cm³/mol. The average Bonchev–Trinajstić information content (AvgIpc) is 2.24. The monoisotopic (exact) mass is 293 g/mol. The zero-order valence-electron chi connectivity index (χ0n) is 13.2. The van der Waals surface area contributed by atoms with Crippen molar-refractivity contribution in [2.24, 2.45) is 10.8 Å². The van der Waals surface area contributed by atoms with Crippen molar-refractivity contribution in [1.82, 2.24) is 0 Å². The van der Waals surface area contributed by atoms with Gasteiger partial charge in [0.05, 0.1) is 19.8 Å². The second-order valence-corrected chi connectivity index (χ2v) is 8.16. The molecule has 0 aliphatic heterocycles. The molecule has 4 nitrogen and oxygen atoms in total. The number of ether oxygens (including phenoxy) is 2. The average molecular weight is 293 g/mol. The molecule has 0 radical (unpaired) electrons. The number of hydrogen-bond acceptors (Lipinski definition) is 3. The van der Waals surface area contributed by atoms with Crippen molar-refractivity contribution in [2.75, 3.05) is 26.9 Å². The van der Waals surface area contributed by atoms with Gasteiger partial charge < -0.3 is 9.47 Å². The van der Waals surface area contributed by atoms with Crippen molar-refractivity contribution in [3.8, 4) is 0 Å². The molecule has 0 saturated heterocycles. The van der Waals surface area contributed by atoms with E-state index in [1.807, 2.05) is 6.92 Å². The summed E-state index contributed by atoms with van der Waals surface area (Å²) in [6, 6.07) is 0. The molecule has 0 bridgehead atoms. The van der Waals surface area contributed by atoms with E-state index in [0.29, 0.717) is 26.2 Å². The third-order valence-electron chi connectivity index (χ3n) is 3.09. The van der Waals surface area contributed by atoms with Crippen LogP contribution in [0.15, 0.2) is 0 Å². The Morgan fingerprint density at radius 3 is 2.05 bits per heavy atom. The molecule has 0 fully saturated rings. The molecule has 1 N–H and O–H groups in total. The second kappa shape index (κ2) is 8.31. The maximum absolute atomic E-state index is 11.2. The van der Waals surface area contributed by atoms with Crippen molar-refractivity contribution < 1.29 is 18.9 Å². The SMILES string of the molecule is CCC(CC(C)(C)COCC(C)(C)COC)[P+](=O)O. The van der Waals surface area contributed by atoms with Crippen LogP contribution in [0.2, 0.25) is 0 Å². The van der Waals surface area contributed by atoms with Crippen LogP contribution in [0.25, 0.3) is 0 Å². The van der Waals surface area contributed by atoms with Gasteiger partial charge in [-0.2, -0.15) is 4.89 Å². The van der Waals surface area contributed by atoms with E-state index in [1.165, 1.54) is 0 Å². The molecule has 0 saturated carbocycles. The summed E-state index contributed by atoms with van der Waals surface area (Å²) in [5.74, 6) is 0. The zero-order valence-corrected chi connectivity index (χ0v) is 14.1. The van der Waals surface area contributed by atoms with Crippen LogP contribution in [0.1, 0.15) is 47.5 Å². The maximum Gasteiger partial charge on any atom is 0.508 e. The van der Waals surface area contributed by atoms with Crippen LogP contribution in [-0.2, 0) is 14.0 Å². The molecule has 0 rings (SSSR count).